The van der Waals surface area contributed by atoms with Crippen LogP contribution in [-0.4, -0.2) is 40.7 Å². The summed E-state index contributed by atoms with van der Waals surface area (Å²) in [6.45, 7) is 11.3. The molecule has 1 rings (SSSR count). The van der Waals surface area contributed by atoms with Crippen molar-refractivity contribution >= 4 is 5.91 Å². The van der Waals surface area contributed by atoms with Gasteiger partial charge in [0.2, 0.25) is 12.2 Å². The fourth-order valence-corrected chi connectivity index (χ4v) is 1.68. The van der Waals surface area contributed by atoms with Gasteiger partial charge in [-0.1, -0.05) is 19.1 Å². The van der Waals surface area contributed by atoms with Crippen molar-refractivity contribution in [1.82, 2.24) is 20.3 Å². The van der Waals surface area contributed by atoms with Gasteiger partial charge in [0.05, 0.1) is 6.20 Å². The van der Waals surface area contributed by atoms with Crippen molar-refractivity contribution in [1.29, 1.82) is 0 Å². The van der Waals surface area contributed by atoms with E-state index in [9.17, 15) is 4.79 Å². The van der Waals surface area contributed by atoms with Gasteiger partial charge in [0.25, 0.3) is 0 Å². The molecule has 1 amide bonds. The van der Waals surface area contributed by atoms with Crippen LogP contribution in [0.1, 0.15) is 52.6 Å². The minimum atomic E-state index is -0.542. The van der Waals surface area contributed by atoms with Gasteiger partial charge in [-0.25, -0.2) is 4.68 Å². The number of nitrogens with zero attached hydrogens (tertiary/aromatic N) is 3. The first-order chi connectivity index (χ1) is 9.99. The first-order valence-corrected chi connectivity index (χ1v) is 7.42. The highest BCUT2D eigenvalue weighted by Gasteiger charge is 2.20. The van der Waals surface area contributed by atoms with Gasteiger partial charge in [-0.2, -0.15) is 0 Å². The minimum absolute atomic E-state index is 0.0791. The lowest BCUT2D eigenvalue weighted by molar-refractivity contribution is -0.142. The maximum absolute atomic E-state index is 12.0. The van der Waals surface area contributed by atoms with Crippen LogP contribution in [0.2, 0.25) is 0 Å². The Balaban J connectivity index is 2.70. The Morgan fingerprint density at radius 3 is 2.43 bits per heavy atom. The average Bonchev–Trinajstić information content (AvgIpc) is 2.93. The van der Waals surface area contributed by atoms with Crippen LogP contribution in [0.3, 0.4) is 0 Å². The second kappa shape index (κ2) is 8.74. The van der Waals surface area contributed by atoms with Gasteiger partial charge in [-0.3, -0.25) is 4.79 Å². The topological polar surface area (TPSA) is 78.3 Å². The van der Waals surface area contributed by atoms with Crippen molar-refractivity contribution in [3.05, 3.63) is 11.9 Å². The van der Waals surface area contributed by atoms with Gasteiger partial charge in [0.1, 0.15) is 11.7 Å². The van der Waals surface area contributed by atoms with E-state index in [2.05, 4.69) is 15.6 Å². The SMILES string of the molecule is CCOC(OCC)c1cn(C(C)C(=O)NCC(C)C)nn1. The number of ether oxygens (including phenoxy) is 2. The van der Waals surface area contributed by atoms with Crippen molar-refractivity contribution in [3.63, 3.8) is 0 Å². The summed E-state index contributed by atoms with van der Waals surface area (Å²) in [5.41, 5.74) is 0.571. The average molecular weight is 298 g/mol. The van der Waals surface area contributed by atoms with Gasteiger partial charge in [0, 0.05) is 19.8 Å². The molecule has 1 heterocycles. The molecule has 21 heavy (non-hydrogen) atoms. The lowest BCUT2D eigenvalue weighted by atomic mass is 10.2. The summed E-state index contributed by atoms with van der Waals surface area (Å²) in [6.07, 6.45) is 1.15. The molecule has 1 aromatic heterocycles. The van der Waals surface area contributed by atoms with E-state index in [-0.39, 0.29) is 5.91 Å². The first kappa shape index (κ1) is 17.6. The molecule has 1 aromatic rings. The fraction of sp³-hybridized carbons (Fsp3) is 0.786. The molecule has 0 spiro atoms. The van der Waals surface area contributed by atoms with Crippen molar-refractivity contribution in [3.8, 4) is 0 Å². The lowest BCUT2D eigenvalue weighted by Crippen LogP contribution is -2.33. The van der Waals surface area contributed by atoms with Crippen LogP contribution in [0.25, 0.3) is 0 Å². The van der Waals surface area contributed by atoms with Crippen molar-refractivity contribution < 1.29 is 14.3 Å². The summed E-state index contributed by atoms with van der Waals surface area (Å²) >= 11 is 0. The normalized spacial score (nSPS) is 12.9. The van der Waals surface area contributed by atoms with Gasteiger partial charge < -0.3 is 14.8 Å². The molecule has 0 aliphatic carbocycles. The van der Waals surface area contributed by atoms with Crippen LogP contribution in [-0.2, 0) is 14.3 Å². The molecule has 120 valence electrons. The largest absolute Gasteiger partial charge is 0.354 e. The molecular formula is C14H26N4O3. The van der Waals surface area contributed by atoms with Gasteiger partial charge in [-0.15, -0.1) is 5.10 Å². The third-order valence-corrected chi connectivity index (χ3v) is 2.87. The van der Waals surface area contributed by atoms with E-state index < -0.39 is 12.3 Å². The standard InChI is InChI=1S/C14H26N4O3/c1-6-20-14(21-7-2)12-9-18(17-16-12)11(5)13(19)15-8-10(3)4/h9-11,14H,6-8H2,1-5H3,(H,15,19). The Morgan fingerprint density at radius 2 is 1.90 bits per heavy atom. The number of amides is 1. The molecular weight excluding hydrogens is 272 g/mol. The van der Waals surface area contributed by atoms with E-state index >= 15 is 0 Å². The third-order valence-electron chi connectivity index (χ3n) is 2.87. The second-order valence-electron chi connectivity index (χ2n) is 5.18. The monoisotopic (exact) mass is 298 g/mol. The van der Waals surface area contributed by atoms with E-state index in [0.717, 1.165) is 0 Å². The molecule has 0 fully saturated rings. The first-order valence-electron chi connectivity index (χ1n) is 7.42. The molecule has 1 atom stereocenters. The van der Waals surface area contributed by atoms with Crippen LogP contribution >= 0.6 is 0 Å². The molecule has 0 bridgehead atoms. The molecule has 0 aliphatic rings. The lowest BCUT2D eigenvalue weighted by Gasteiger charge is -2.14. The number of aromatic nitrogens is 3. The predicted molar refractivity (Wildman–Crippen MR) is 78.6 cm³/mol. The van der Waals surface area contributed by atoms with E-state index in [0.29, 0.717) is 31.4 Å². The summed E-state index contributed by atoms with van der Waals surface area (Å²) < 4.78 is 12.4. The van der Waals surface area contributed by atoms with Gasteiger partial charge in [0.15, 0.2) is 0 Å². The zero-order valence-corrected chi connectivity index (χ0v) is 13.5. The summed E-state index contributed by atoms with van der Waals surface area (Å²) in [5.74, 6) is 0.331. The molecule has 1 N–H and O–H groups in total. The number of carbonyl (C=O) groups is 1. The van der Waals surface area contributed by atoms with Crippen LogP contribution in [0.4, 0.5) is 0 Å². The van der Waals surface area contributed by atoms with Crippen molar-refractivity contribution in [2.45, 2.75) is 47.0 Å². The van der Waals surface area contributed by atoms with Crippen LogP contribution < -0.4 is 5.32 Å². The third kappa shape index (κ3) is 5.43. The molecule has 0 saturated heterocycles. The number of rotatable bonds is 9. The maximum Gasteiger partial charge on any atom is 0.244 e. The van der Waals surface area contributed by atoms with E-state index in [1.165, 1.54) is 4.68 Å². The van der Waals surface area contributed by atoms with Crippen LogP contribution in [0.5, 0.6) is 0 Å². The van der Waals surface area contributed by atoms with Crippen LogP contribution in [0.15, 0.2) is 6.20 Å². The molecule has 1 unspecified atom stereocenters. The number of hydrogen-bond acceptors (Lipinski definition) is 5. The predicted octanol–water partition coefficient (Wildman–Crippen LogP) is 1.68. The Hall–Kier alpha value is -1.47. The van der Waals surface area contributed by atoms with Crippen molar-refractivity contribution in [2.75, 3.05) is 19.8 Å². The Bertz CT molecular complexity index is 428. The zero-order chi connectivity index (χ0) is 15.8. The summed E-state index contributed by atoms with van der Waals surface area (Å²) in [4.78, 5) is 12.0. The summed E-state index contributed by atoms with van der Waals surface area (Å²) in [7, 11) is 0. The number of nitrogens with one attached hydrogen (secondary N) is 1. The minimum Gasteiger partial charge on any atom is -0.354 e. The van der Waals surface area contributed by atoms with Gasteiger partial charge in [-0.05, 0) is 26.7 Å². The second-order valence-corrected chi connectivity index (χ2v) is 5.18. The fourth-order valence-electron chi connectivity index (χ4n) is 1.68. The van der Waals surface area contributed by atoms with Gasteiger partial charge >= 0.3 is 0 Å². The van der Waals surface area contributed by atoms with E-state index in [1.807, 2.05) is 27.7 Å². The van der Waals surface area contributed by atoms with E-state index in [4.69, 9.17) is 9.47 Å². The van der Waals surface area contributed by atoms with Crippen LogP contribution in [0, 0.1) is 5.92 Å². The Labute approximate surface area is 126 Å². The highest BCUT2D eigenvalue weighted by molar-refractivity contribution is 5.79. The molecule has 0 aliphatic heterocycles. The Kier molecular flexibility index (Phi) is 7.31. The highest BCUT2D eigenvalue weighted by Crippen LogP contribution is 2.17. The highest BCUT2D eigenvalue weighted by atomic mass is 16.7. The number of hydrogen-bond donors (Lipinski definition) is 1. The number of carbonyl (C=O) groups excluding carboxylic acids is 1. The summed E-state index contributed by atoms with van der Waals surface area (Å²) in [5, 5.41) is 10.9. The maximum atomic E-state index is 12.0. The molecule has 0 radical (unpaired) electrons. The molecule has 7 heteroatoms. The summed E-state index contributed by atoms with van der Waals surface area (Å²) in [6, 6.07) is -0.422. The smallest absolute Gasteiger partial charge is 0.244 e. The molecule has 0 saturated carbocycles. The molecule has 7 nitrogen and oxygen atoms in total. The molecule has 0 aromatic carbocycles. The zero-order valence-electron chi connectivity index (χ0n) is 13.5. The quantitative estimate of drug-likeness (QED) is 0.702. The van der Waals surface area contributed by atoms with E-state index in [1.54, 1.807) is 13.1 Å². The Morgan fingerprint density at radius 1 is 1.29 bits per heavy atom. The van der Waals surface area contributed by atoms with Crippen molar-refractivity contribution in [2.24, 2.45) is 5.92 Å².